The number of nitrogens with two attached hydrogens (primary N) is 1. The van der Waals surface area contributed by atoms with Gasteiger partial charge in [-0.15, -0.1) is 0 Å². The van der Waals surface area contributed by atoms with Crippen LogP contribution in [0.25, 0.3) is 0 Å². The lowest BCUT2D eigenvalue weighted by molar-refractivity contribution is 0.447. The summed E-state index contributed by atoms with van der Waals surface area (Å²) in [7, 11) is 0. The molecule has 0 aliphatic rings. The molecule has 1 heterocycles. The molecule has 1 aromatic heterocycles. The van der Waals surface area contributed by atoms with Gasteiger partial charge < -0.3 is 10.2 Å². The highest BCUT2D eigenvalue weighted by atomic mass is 79.9. The van der Waals surface area contributed by atoms with Crippen LogP contribution in [-0.4, -0.2) is 0 Å². The number of rotatable bonds is 2. The molecule has 1 aromatic rings. The molecule has 0 saturated heterocycles. The van der Waals surface area contributed by atoms with E-state index in [9.17, 15) is 0 Å². The molecule has 2 nitrogen and oxygen atoms in total. The van der Waals surface area contributed by atoms with Crippen molar-refractivity contribution in [2.75, 3.05) is 0 Å². The molecule has 1 rings (SSSR count). The normalized spacial score (nSPS) is 11.0. The lowest BCUT2D eigenvalue weighted by Gasteiger charge is -1.99. The average molecular weight is 218 g/mol. The number of hydrogen-bond donors (Lipinski definition) is 1. The predicted octanol–water partition coefficient (Wildman–Crippen LogP) is 2.62. The van der Waals surface area contributed by atoms with Crippen LogP contribution in [0.3, 0.4) is 0 Å². The summed E-state index contributed by atoms with van der Waals surface area (Å²) < 4.78 is 6.47. The van der Waals surface area contributed by atoms with E-state index in [1.54, 1.807) is 0 Å². The summed E-state index contributed by atoms with van der Waals surface area (Å²) in [6, 6.07) is 1.93. The predicted molar refractivity (Wildman–Crippen MR) is 48.4 cm³/mol. The minimum absolute atomic E-state index is 0.407. The molecule has 0 aliphatic carbocycles. The Morgan fingerprint density at radius 2 is 2.27 bits per heavy atom. The number of furan rings is 1. The smallest absolute Gasteiger partial charge is 0.120 e. The first-order valence-electron chi connectivity index (χ1n) is 3.63. The Morgan fingerprint density at radius 1 is 1.64 bits per heavy atom. The molecule has 0 aliphatic heterocycles. The van der Waals surface area contributed by atoms with Crippen LogP contribution >= 0.6 is 15.9 Å². The maximum atomic E-state index is 5.45. The molecule has 0 amide bonds. The first-order chi connectivity index (χ1) is 5.15. The molecule has 2 N–H and O–H groups in total. The van der Waals surface area contributed by atoms with Crippen LogP contribution in [0.15, 0.2) is 15.0 Å². The van der Waals surface area contributed by atoms with Gasteiger partial charge >= 0.3 is 0 Å². The lowest BCUT2D eigenvalue weighted by Crippen LogP contribution is -1.93. The van der Waals surface area contributed by atoms with Crippen molar-refractivity contribution in [3.63, 3.8) is 0 Å². The van der Waals surface area contributed by atoms with E-state index in [1.807, 2.05) is 6.07 Å². The molecule has 0 saturated carbocycles. The second-order valence-electron chi connectivity index (χ2n) is 2.78. The van der Waals surface area contributed by atoms with Crippen LogP contribution in [0.1, 0.15) is 31.3 Å². The molecule has 0 aromatic carbocycles. The Morgan fingerprint density at radius 3 is 2.55 bits per heavy atom. The van der Waals surface area contributed by atoms with Gasteiger partial charge in [0.1, 0.15) is 11.5 Å². The van der Waals surface area contributed by atoms with E-state index in [-0.39, 0.29) is 0 Å². The Labute approximate surface area is 74.9 Å². The van der Waals surface area contributed by atoms with E-state index >= 15 is 0 Å². The molecule has 62 valence electrons. The molecule has 0 spiro atoms. The zero-order chi connectivity index (χ0) is 8.43. The van der Waals surface area contributed by atoms with Gasteiger partial charge in [-0.1, -0.05) is 13.8 Å². The van der Waals surface area contributed by atoms with Crippen LogP contribution in [0.5, 0.6) is 0 Å². The monoisotopic (exact) mass is 217 g/mol. The van der Waals surface area contributed by atoms with Crippen molar-refractivity contribution in [2.24, 2.45) is 5.73 Å². The van der Waals surface area contributed by atoms with Gasteiger partial charge in [-0.3, -0.25) is 0 Å². The van der Waals surface area contributed by atoms with Gasteiger partial charge in [-0.2, -0.15) is 0 Å². The van der Waals surface area contributed by atoms with Gasteiger partial charge in [-0.25, -0.2) is 0 Å². The van der Waals surface area contributed by atoms with Crippen LogP contribution in [-0.2, 0) is 6.54 Å². The summed E-state index contributed by atoms with van der Waals surface area (Å²) in [6.45, 7) is 4.64. The molecule has 3 heteroatoms. The summed E-state index contributed by atoms with van der Waals surface area (Å²) in [5, 5.41) is 0. The van der Waals surface area contributed by atoms with Gasteiger partial charge in [0.2, 0.25) is 0 Å². The zero-order valence-corrected chi connectivity index (χ0v) is 8.31. The first kappa shape index (κ1) is 8.81. The Bertz CT molecular complexity index is 242. The Hall–Kier alpha value is -0.280. The van der Waals surface area contributed by atoms with Crippen LogP contribution in [0.4, 0.5) is 0 Å². The fourth-order valence-electron chi connectivity index (χ4n) is 0.926. The fraction of sp³-hybridized carbons (Fsp3) is 0.500. The van der Waals surface area contributed by atoms with Gasteiger partial charge in [0, 0.05) is 5.92 Å². The molecule has 0 atom stereocenters. The standard InChI is InChI=1S/C8H12BrNO/c1-5(2)8-7(9)3-6(4-10)11-8/h3,5H,4,10H2,1-2H3. The maximum Gasteiger partial charge on any atom is 0.120 e. The Kier molecular flexibility index (Phi) is 2.73. The van der Waals surface area contributed by atoms with Gasteiger partial charge in [-0.05, 0) is 22.0 Å². The third-order valence-corrected chi connectivity index (χ3v) is 2.11. The second-order valence-corrected chi connectivity index (χ2v) is 3.64. The zero-order valence-electron chi connectivity index (χ0n) is 6.73. The van der Waals surface area contributed by atoms with Crippen molar-refractivity contribution in [1.82, 2.24) is 0 Å². The minimum atomic E-state index is 0.407. The summed E-state index contributed by atoms with van der Waals surface area (Å²) in [5.41, 5.74) is 5.42. The molecule has 0 radical (unpaired) electrons. The number of halogens is 1. The van der Waals surface area contributed by atoms with Crippen LogP contribution < -0.4 is 5.73 Å². The SMILES string of the molecule is CC(C)c1oc(CN)cc1Br. The summed E-state index contributed by atoms with van der Waals surface area (Å²) in [4.78, 5) is 0. The molecule has 0 unspecified atom stereocenters. The third-order valence-electron chi connectivity index (χ3n) is 1.49. The average Bonchev–Trinajstić information content (AvgIpc) is 2.30. The highest BCUT2D eigenvalue weighted by Crippen LogP contribution is 2.27. The van der Waals surface area contributed by atoms with Crippen molar-refractivity contribution < 1.29 is 4.42 Å². The van der Waals surface area contributed by atoms with E-state index in [4.69, 9.17) is 10.2 Å². The van der Waals surface area contributed by atoms with Gasteiger partial charge in [0.25, 0.3) is 0 Å². The van der Waals surface area contributed by atoms with Crippen molar-refractivity contribution in [3.05, 3.63) is 22.1 Å². The summed E-state index contributed by atoms with van der Waals surface area (Å²) >= 11 is 3.41. The molecule has 0 fully saturated rings. The van der Waals surface area contributed by atoms with Crippen molar-refractivity contribution in [3.8, 4) is 0 Å². The molecule has 11 heavy (non-hydrogen) atoms. The molecule has 0 bridgehead atoms. The summed E-state index contributed by atoms with van der Waals surface area (Å²) in [6.07, 6.45) is 0. The summed E-state index contributed by atoms with van der Waals surface area (Å²) in [5.74, 6) is 2.22. The first-order valence-corrected chi connectivity index (χ1v) is 4.42. The number of hydrogen-bond acceptors (Lipinski definition) is 2. The van der Waals surface area contributed by atoms with Gasteiger partial charge in [0.05, 0.1) is 11.0 Å². The van der Waals surface area contributed by atoms with E-state index in [0.29, 0.717) is 12.5 Å². The van der Waals surface area contributed by atoms with Gasteiger partial charge in [0.15, 0.2) is 0 Å². The van der Waals surface area contributed by atoms with E-state index in [0.717, 1.165) is 16.0 Å². The highest BCUT2D eigenvalue weighted by molar-refractivity contribution is 9.10. The van der Waals surface area contributed by atoms with Crippen molar-refractivity contribution in [2.45, 2.75) is 26.3 Å². The highest BCUT2D eigenvalue weighted by Gasteiger charge is 2.10. The quantitative estimate of drug-likeness (QED) is 0.828. The topological polar surface area (TPSA) is 39.2 Å². The minimum Gasteiger partial charge on any atom is -0.463 e. The largest absolute Gasteiger partial charge is 0.463 e. The maximum absolute atomic E-state index is 5.45. The third kappa shape index (κ3) is 1.84. The van der Waals surface area contributed by atoms with E-state index < -0.39 is 0 Å². The molecular weight excluding hydrogens is 206 g/mol. The molecular formula is C8H12BrNO. The van der Waals surface area contributed by atoms with Crippen molar-refractivity contribution >= 4 is 15.9 Å². The van der Waals surface area contributed by atoms with Crippen LogP contribution in [0.2, 0.25) is 0 Å². The van der Waals surface area contributed by atoms with Crippen molar-refractivity contribution in [1.29, 1.82) is 0 Å². The lowest BCUT2D eigenvalue weighted by atomic mass is 10.2. The van der Waals surface area contributed by atoms with E-state index in [2.05, 4.69) is 29.8 Å². The van der Waals surface area contributed by atoms with E-state index in [1.165, 1.54) is 0 Å². The fourth-order valence-corrected chi connectivity index (χ4v) is 1.72. The second kappa shape index (κ2) is 3.41. The van der Waals surface area contributed by atoms with Crippen LogP contribution in [0, 0.1) is 0 Å². The Balaban J connectivity index is 2.97.